The van der Waals surface area contributed by atoms with Gasteiger partial charge in [0.2, 0.25) is 10.0 Å². The number of esters is 1. The molecular weight excluding hydrogens is 432 g/mol. The number of rotatable bonds is 6. The second-order valence-corrected chi connectivity index (χ2v) is 11.1. The van der Waals surface area contributed by atoms with Gasteiger partial charge in [0.25, 0.3) is 5.91 Å². The molecule has 178 valence electrons. The Kier molecular flexibility index (Phi) is 7.95. The molecule has 8 nitrogen and oxygen atoms in total. The fourth-order valence-electron chi connectivity index (χ4n) is 4.51. The monoisotopic (exact) mass is 466 g/mol. The van der Waals surface area contributed by atoms with Crippen LogP contribution in [0, 0.1) is 11.8 Å². The summed E-state index contributed by atoms with van der Waals surface area (Å²) in [4.78, 5) is 24.8. The number of carbonyl (C=O) groups excluding carboxylic acids is 2. The molecule has 1 aromatic rings. The Morgan fingerprint density at radius 1 is 1.12 bits per heavy atom. The van der Waals surface area contributed by atoms with E-state index < -0.39 is 22.6 Å². The minimum atomic E-state index is -3.78. The molecule has 3 rings (SSSR count). The average Bonchev–Trinajstić information content (AvgIpc) is 2.74. The van der Waals surface area contributed by atoms with Gasteiger partial charge < -0.3 is 14.8 Å². The minimum Gasteiger partial charge on any atom is -0.452 e. The molecule has 1 aromatic carbocycles. The van der Waals surface area contributed by atoms with Gasteiger partial charge in [0.1, 0.15) is 0 Å². The molecule has 2 aliphatic rings. The smallest absolute Gasteiger partial charge is 0.338 e. The maximum atomic E-state index is 13.1. The Balaban J connectivity index is 1.61. The Bertz CT molecular complexity index is 924. The van der Waals surface area contributed by atoms with Crippen LogP contribution in [-0.4, -0.2) is 62.5 Å². The van der Waals surface area contributed by atoms with Crippen molar-refractivity contribution in [1.29, 1.82) is 0 Å². The van der Waals surface area contributed by atoms with Gasteiger partial charge in [-0.05, 0) is 50.3 Å². The predicted octanol–water partition coefficient (Wildman–Crippen LogP) is 2.58. The van der Waals surface area contributed by atoms with Crippen LogP contribution in [0.1, 0.15) is 57.3 Å². The lowest BCUT2D eigenvalue weighted by Gasteiger charge is -2.34. The van der Waals surface area contributed by atoms with Crippen molar-refractivity contribution >= 4 is 21.9 Å². The van der Waals surface area contributed by atoms with Gasteiger partial charge >= 0.3 is 5.97 Å². The molecule has 1 saturated heterocycles. The molecule has 0 radical (unpaired) electrons. The second kappa shape index (κ2) is 10.3. The van der Waals surface area contributed by atoms with E-state index in [-0.39, 0.29) is 47.7 Å². The summed E-state index contributed by atoms with van der Waals surface area (Å²) in [5.74, 6) is -0.162. The third kappa shape index (κ3) is 5.88. The number of morpholine rings is 1. The van der Waals surface area contributed by atoms with Crippen molar-refractivity contribution in [2.75, 3.05) is 19.7 Å². The van der Waals surface area contributed by atoms with Crippen LogP contribution in [0.3, 0.4) is 0 Å². The van der Waals surface area contributed by atoms with E-state index in [1.165, 1.54) is 28.6 Å². The van der Waals surface area contributed by atoms with E-state index in [1.807, 2.05) is 13.8 Å². The van der Waals surface area contributed by atoms with Crippen molar-refractivity contribution in [3.63, 3.8) is 0 Å². The fourth-order valence-corrected chi connectivity index (χ4v) is 6.15. The van der Waals surface area contributed by atoms with Gasteiger partial charge in [-0.2, -0.15) is 4.31 Å². The summed E-state index contributed by atoms with van der Waals surface area (Å²) < 4.78 is 38.2. The molecule has 5 unspecified atom stereocenters. The van der Waals surface area contributed by atoms with Crippen molar-refractivity contribution in [3.05, 3.63) is 29.8 Å². The Labute approximate surface area is 190 Å². The maximum Gasteiger partial charge on any atom is 0.338 e. The molecule has 1 amide bonds. The van der Waals surface area contributed by atoms with E-state index in [9.17, 15) is 18.0 Å². The lowest BCUT2D eigenvalue weighted by atomic mass is 9.78. The lowest BCUT2D eigenvalue weighted by molar-refractivity contribution is -0.125. The molecule has 0 spiro atoms. The lowest BCUT2D eigenvalue weighted by Crippen LogP contribution is -2.48. The van der Waals surface area contributed by atoms with E-state index >= 15 is 0 Å². The number of nitrogens with zero attached hydrogens (tertiary/aromatic N) is 1. The average molecular weight is 467 g/mol. The van der Waals surface area contributed by atoms with Crippen LogP contribution >= 0.6 is 0 Å². The summed E-state index contributed by atoms with van der Waals surface area (Å²) >= 11 is 0. The summed E-state index contributed by atoms with van der Waals surface area (Å²) in [6.07, 6.45) is 2.72. The van der Waals surface area contributed by atoms with Crippen molar-refractivity contribution < 1.29 is 27.5 Å². The van der Waals surface area contributed by atoms with Gasteiger partial charge in [0, 0.05) is 19.1 Å². The molecule has 2 fully saturated rings. The molecule has 1 saturated carbocycles. The normalized spacial score (nSPS) is 29.3. The van der Waals surface area contributed by atoms with E-state index in [4.69, 9.17) is 9.47 Å². The highest BCUT2D eigenvalue weighted by atomic mass is 32.2. The number of carbonyl (C=O) groups is 2. The molecule has 1 heterocycles. The summed E-state index contributed by atoms with van der Waals surface area (Å²) in [6, 6.07) is 5.81. The van der Waals surface area contributed by atoms with Crippen LogP contribution < -0.4 is 5.32 Å². The number of amides is 1. The summed E-state index contributed by atoms with van der Waals surface area (Å²) in [5.41, 5.74) is 0.0906. The van der Waals surface area contributed by atoms with Crippen molar-refractivity contribution in [2.24, 2.45) is 11.8 Å². The Morgan fingerprint density at radius 3 is 2.50 bits per heavy atom. The van der Waals surface area contributed by atoms with E-state index in [0.29, 0.717) is 11.8 Å². The third-order valence-corrected chi connectivity index (χ3v) is 8.31. The molecule has 32 heavy (non-hydrogen) atoms. The molecule has 1 aliphatic heterocycles. The van der Waals surface area contributed by atoms with E-state index in [0.717, 1.165) is 19.3 Å². The van der Waals surface area contributed by atoms with Crippen molar-refractivity contribution in [2.45, 2.75) is 70.1 Å². The van der Waals surface area contributed by atoms with E-state index in [1.54, 1.807) is 0 Å². The largest absolute Gasteiger partial charge is 0.452 e. The zero-order valence-electron chi connectivity index (χ0n) is 19.2. The van der Waals surface area contributed by atoms with Crippen molar-refractivity contribution in [1.82, 2.24) is 9.62 Å². The van der Waals surface area contributed by atoms with Gasteiger partial charge in [0.15, 0.2) is 6.61 Å². The van der Waals surface area contributed by atoms with E-state index in [2.05, 4.69) is 19.2 Å². The summed E-state index contributed by atoms with van der Waals surface area (Å²) in [6.45, 7) is 8.06. The fraction of sp³-hybridized carbons (Fsp3) is 0.652. The minimum absolute atomic E-state index is 0.0164. The van der Waals surface area contributed by atoms with Crippen LogP contribution in [0.15, 0.2) is 29.2 Å². The van der Waals surface area contributed by atoms with Crippen LogP contribution in [0.2, 0.25) is 0 Å². The molecular formula is C23H34N2O6S. The zero-order valence-corrected chi connectivity index (χ0v) is 20.1. The van der Waals surface area contributed by atoms with Crippen LogP contribution in [-0.2, 0) is 24.3 Å². The maximum absolute atomic E-state index is 13.1. The molecule has 0 bridgehead atoms. The second-order valence-electron chi connectivity index (χ2n) is 9.12. The molecule has 1 N–H and O–H groups in total. The van der Waals surface area contributed by atoms with Crippen LogP contribution in [0.25, 0.3) is 0 Å². The predicted molar refractivity (Wildman–Crippen MR) is 120 cm³/mol. The van der Waals surface area contributed by atoms with Gasteiger partial charge in [-0.25, -0.2) is 13.2 Å². The highest BCUT2D eigenvalue weighted by molar-refractivity contribution is 7.89. The number of benzene rings is 1. The first-order valence-corrected chi connectivity index (χ1v) is 12.7. The van der Waals surface area contributed by atoms with Crippen molar-refractivity contribution in [3.8, 4) is 0 Å². The molecule has 0 aromatic heterocycles. The van der Waals surface area contributed by atoms with Gasteiger partial charge in [-0.1, -0.05) is 32.8 Å². The number of hydrogen-bond acceptors (Lipinski definition) is 6. The molecule has 1 aliphatic carbocycles. The standard InChI is InChI=1S/C23H34N2O6S/c1-15-7-5-10-21(18(15)4)24-22(26)14-30-23(27)19-8-6-9-20(11-19)32(28,29)25-12-16(2)31-17(3)13-25/h6,8-9,11,15-18,21H,5,7,10,12-14H2,1-4H3,(H,24,26). The third-order valence-electron chi connectivity index (χ3n) is 6.48. The Morgan fingerprint density at radius 2 is 1.81 bits per heavy atom. The highest BCUT2D eigenvalue weighted by Crippen LogP contribution is 2.29. The first-order valence-electron chi connectivity index (χ1n) is 11.3. The summed E-state index contributed by atoms with van der Waals surface area (Å²) in [7, 11) is -3.78. The first-order chi connectivity index (χ1) is 15.1. The van der Waals surface area contributed by atoms with Crippen LogP contribution in [0.5, 0.6) is 0 Å². The van der Waals surface area contributed by atoms with Gasteiger partial charge in [-0.3, -0.25) is 4.79 Å². The summed E-state index contributed by atoms with van der Waals surface area (Å²) in [5, 5.41) is 2.96. The SMILES string of the molecule is CC1CN(S(=O)(=O)c2cccc(C(=O)OCC(=O)NC3CCCC(C)C3C)c2)CC(C)O1. The topological polar surface area (TPSA) is 102 Å². The number of sulfonamides is 1. The quantitative estimate of drug-likeness (QED) is 0.647. The Hall–Kier alpha value is -1.97. The highest BCUT2D eigenvalue weighted by Gasteiger charge is 2.33. The van der Waals surface area contributed by atoms with Gasteiger partial charge in [-0.15, -0.1) is 0 Å². The molecule has 9 heteroatoms. The number of nitrogens with one attached hydrogen (secondary N) is 1. The van der Waals surface area contributed by atoms with Gasteiger partial charge in [0.05, 0.1) is 22.7 Å². The van der Waals surface area contributed by atoms with Crippen LogP contribution in [0.4, 0.5) is 0 Å². The number of hydrogen-bond donors (Lipinski definition) is 1. The zero-order chi connectivity index (χ0) is 23.5. The molecule has 5 atom stereocenters. The number of ether oxygens (including phenoxy) is 2. The first kappa shape index (κ1) is 24.7.